The molecule has 0 spiro atoms. The first-order valence-corrected chi connectivity index (χ1v) is 12.5. The number of hydrogen-bond donors (Lipinski definition) is 0. The molecule has 0 fully saturated rings. The van der Waals surface area contributed by atoms with E-state index in [1.165, 1.54) is 18.7 Å². The van der Waals surface area contributed by atoms with E-state index in [0.29, 0.717) is 0 Å². The Balaban J connectivity index is 1.53. The summed E-state index contributed by atoms with van der Waals surface area (Å²) < 4.78 is 11.6. The molecule has 27 heavy (non-hydrogen) atoms. The zero-order valence-corrected chi connectivity index (χ0v) is 17.4. The normalized spacial score (nSPS) is 15.2. The monoisotopic (exact) mass is 470 g/mol. The first-order chi connectivity index (χ1) is 13.3. The standard InChI is InChI=1S/C23H20N2OTe/c1-2-24-21-17-20(26-19-11-7-4-8-12-19)13-14-22(21)27-23(24)15-16-25(27)18-9-5-3-6-10-18/h3-17H,2H2,1H3. The first kappa shape index (κ1) is 16.6. The predicted molar refractivity (Wildman–Crippen MR) is 114 cm³/mol. The van der Waals surface area contributed by atoms with Crippen molar-refractivity contribution in [3.05, 3.63) is 91.1 Å². The van der Waals surface area contributed by atoms with Gasteiger partial charge < -0.3 is 0 Å². The second-order valence-corrected chi connectivity index (χ2v) is 11.6. The van der Waals surface area contributed by atoms with Crippen LogP contribution in [-0.4, -0.2) is 29.6 Å². The number of rotatable bonds is 4. The van der Waals surface area contributed by atoms with Crippen molar-refractivity contribution < 1.29 is 4.74 Å². The number of anilines is 2. The fraction of sp³-hybridized carbons (Fsp3) is 0.0870. The Kier molecular flexibility index (Phi) is 4.24. The Labute approximate surface area is 166 Å². The van der Waals surface area contributed by atoms with Gasteiger partial charge in [0.1, 0.15) is 0 Å². The molecule has 0 aliphatic carbocycles. The quantitative estimate of drug-likeness (QED) is 0.533. The zero-order valence-electron chi connectivity index (χ0n) is 15.1. The fourth-order valence-corrected chi connectivity index (χ4v) is 10.2. The molecule has 0 saturated heterocycles. The van der Waals surface area contributed by atoms with E-state index < -0.39 is 19.3 Å². The van der Waals surface area contributed by atoms with Gasteiger partial charge in [0, 0.05) is 0 Å². The molecule has 0 aromatic heterocycles. The molecule has 3 aromatic carbocycles. The van der Waals surface area contributed by atoms with E-state index in [9.17, 15) is 0 Å². The van der Waals surface area contributed by atoms with Crippen molar-refractivity contribution >= 4 is 38.0 Å². The van der Waals surface area contributed by atoms with Crippen LogP contribution in [0.2, 0.25) is 0 Å². The van der Waals surface area contributed by atoms with Gasteiger partial charge in [0.05, 0.1) is 0 Å². The van der Waals surface area contributed by atoms with Gasteiger partial charge in [-0.3, -0.25) is 0 Å². The third-order valence-corrected chi connectivity index (χ3v) is 11.1. The molecule has 0 atom stereocenters. The van der Waals surface area contributed by atoms with Crippen molar-refractivity contribution in [2.75, 3.05) is 14.6 Å². The molecule has 0 amide bonds. The van der Waals surface area contributed by atoms with Crippen LogP contribution in [0.3, 0.4) is 0 Å². The molecule has 0 bridgehead atoms. The summed E-state index contributed by atoms with van der Waals surface area (Å²) >= 11 is -1.83. The van der Waals surface area contributed by atoms with Gasteiger partial charge >= 0.3 is 167 Å². The molecule has 2 aliphatic rings. The number of para-hydroxylation sites is 2. The van der Waals surface area contributed by atoms with E-state index in [-0.39, 0.29) is 0 Å². The van der Waals surface area contributed by atoms with Gasteiger partial charge in [0.15, 0.2) is 0 Å². The molecule has 0 saturated carbocycles. The van der Waals surface area contributed by atoms with E-state index >= 15 is 0 Å². The third-order valence-electron chi connectivity index (χ3n) is 4.75. The molecule has 2 aliphatic heterocycles. The van der Waals surface area contributed by atoms with Gasteiger partial charge in [-0.25, -0.2) is 0 Å². The molecule has 4 heteroatoms. The Morgan fingerprint density at radius 2 is 1.59 bits per heavy atom. The van der Waals surface area contributed by atoms with Gasteiger partial charge in [-0.1, -0.05) is 0 Å². The summed E-state index contributed by atoms with van der Waals surface area (Å²) in [5.41, 5.74) is 2.59. The summed E-state index contributed by atoms with van der Waals surface area (Å²) in [5, 5.41) is 0. The topological polar surface area (TPSA) is 15.7 Å². The number of nitrogens with zero attached hydrogens (tertiary/aromatic N) is 2. The molecule has 2 heterocycles. The van der Waals surface area contributed by atoms with Crippen molar-refractivity contribution in [1.82, 2.24) is 0 Å². The van der Waals surface area contributed by atoms with E-state index in [1.54, 1.807) is 0 Å². The minimum absolute atomic E-state index is 0.872. The van der Waals surface area contributed by atoms with E-state index in [1.807, 2.05) is 30.3 Å². The maximum absolute atomic E-state index is 6.08. The Bertz CT molecular complexity index is 1040. The maximum atomic E-state index is 6.08. The fourth-order valence-electron chi connectivity index (χ4n) is 3.54. The summed E-state index contributed by atoms with van der Waals surface area (Å²) in [6.07, 6.45) is 4.58. The van der Waals surface area contributed by atoms with Gasteiger partial charge in [-0.05, 0) is 0 Å². The molecule has 3 nitrogen and oxygen atoms in total. The van der Waals surface area contributed by atoms with Crippen molar-refractivity contribution in [3.8, 4) is 11.5 Å². The summed E-state index contributed by atoms with van der Waals surface area (Å²) in [6.45, 7) is 3.20. The van der Waals surface area contributed by atoms with Gasteiger partial charge in [0.2, 0.25) is 0 Å². The van der Waals surface area contributed by atoms with Crippen LogP contribution in [0.5, 0.6) is 11.5 Å². The molecular weight excluding hydrogens is 448 g/mol. The van der Waals surface area contributed by atoms with Gasteiger partial charge in [-0.15, -0.1) is 0 Å². The van der Waals surface area contributed by atoms with E-state index in [4.69, 9.17) is 4.74 Å². The SMILES string of the molecule is CCN1C2=[Te](c3ccc(Oc4ccccc4)cc31)N(c1ccccc1)C=C2. The molecule has 134 valence electrons. The summed E-state index contributed by atoms with van der Waals surface area (Å²) in [4.78, 5) is 2.46. The molecule has 0 unspecified atom stereocenters. The van der Waals surface area contributed by atoms with Crippen molar-refractivity contribution in [2.24, 2.45) is 0 Å². The van der Waals surface area contributed by atoms with Crippen LogP contribution in [0.4, 0.5) is 11.4 Å². The average molecular weight is 468 g/mol. The second kappa shape index (κ2) is 6.88. The van der Waals surface area contributed by atoms with E-state index in [2.05, 4.69) is 75.8 Å². The minimum atomic E-state index is -1.83. The Morgan fingerprint density at radius 3 is 2.33 bits per heavy atom. The van der Waals surface area contributed by atoms with Crippen molar-refractivity contribution in [2.45, 2.75) is 6.92 Å². The Morgan fingerprint density at radius 1 is 0.852 bits per heavy atom. The van der Waals surface area contributed by atoms with Crippen LogP contribution in [0.15, 0.2) is 91.1 Å². The Hall–Kier alpha value is -2.54. The zero-order chi connectivity index (χ0) is 18.2. The van der Waals surface area contributed by atoms with Crippen LogP contribution in [0, 0.1) is 0 Å². The number of hydrogen-bond acceptors (Lipinski definition) is 3. The summed E-state index contributed by atoms with van der Waals surface area (Å²) in [6, 6.07) is 27.3. The third kappa shape index (κ3) is 2.86. The molecule has 0 N–H and O–H groups in total. The van der Waals surface area contributed by atoms with Crippen molar-refractivity contribution in [3.63, 3.8) is 0 Å². The average Bonchev–Trinajstić information content (AvgIpc) is 3.27. The number of fused-ring (bicyclic) bond motifs is 2. The van der Waals surface area contributed by atoms with Crippen LogP contribution in [-0.2, 0) is 0 Å². The van der Waals surface area contributed by atoms with Crippen LogP contribution in [0.25, 0.3) is 0 Å². The number of benzene rings is 3. The van der Waals surface area contributed by atoms with Crippen LogP contribution < -0.4 is 16.4 Å². The van der Waals surface area contributed by atoms with Gasteiger partial charge in [0.25, 0.3) is 0 Å². The van der Waals surface area contributed by atoms with Crippen molar-refractivity contribution in [1.29, 1.82) is 0 Å². The molecule has 3 aromatic rings. The number of ether oxygens (including phenoxy) is 1. The summed E-state index contributed by atoms with van der Waals surface area (Å²) in [5.74, 6) is 1.77. The molecule has 5 rings (SSSR count). The second-order valence-electron chi connectivity index (χ2n) is 6.39. The summed E-state index contributed by atoms with van der Waals surface area (Å²) in [7, 11) is 0. The molecular formula is C23H20N2OTe. The van der Waals surface area contributed by atoms with Crippen LogP contribution in [0.1, 0.15) is 6.92 Å². The predicted octanol–water partition coefficient (Wildman–Crippen LogP) is 4.26. The number of likely N-dealkylation sites (N-methyl/N-ethyl adjacent to an activating group) is 1. The van der Waals surface area contributed by atoms with Crippen LogP contribution >= 0.6 is 0 Å². The first-order valence-electron chi connectivity index (χ1n) is 9.13. The van der Waals surface area contributed by atoms with Gasteiger partial charge in [-0.2, -0.15) is 0 Å². The molecule has 0 radical (unpaired) electrons. The van der Waals surface area contributed by atoms with E-state index in [0.717, 1.165) is 18.0 Å².